The molecule has 2 N–H and O–H groups in total. The number of nitrogens with two attached hydrogens (primary N) is 1. The molecule has 5 heteroatoms. The summed E-state index contributed by atoms with van der Waals surface area (Å²) in [4.78, 5) is 14.3. The summed E-state index contributed by atoms with van der Waals surface area (Å²) in [7, 11) is 0. The molecule has 20 heavy (non-hydrogen) atoms. The quantitative estimate of drug-likeness (QED) is 0.576. The Morgan fingerprint density at radius 2 is 1.85 bits per heavy atom. The Labute approximate surface area is 121 Å². The summed E-state index contributed by atoms with van der Waals surface area (Å²) in [6, 6.07) is 9.68. The van der Waals surface area contributed by atoms with Gasteiger partial charge in [-0.2, -0.15) is 0 Å². The van der Waals surface area contributed by atoms with Crippen LogP contribution in [-0.2, 0) is 0 Å². The number of nitrogens with zero attached hydrogens (tertiary/aromatic N) is 3. The van der Waals surface area contributed by atoms with Crippen molar-refractivity contribution in [3.63, 3.8) is 0 Å². The van der Waals surface area contributed by atoms with Crippen LogP contribution in [-0.4, -0.2) is 15.0 Å². The van der Waals surface area contributed by atoms with Crippen LogP contribution in [0.1, 0.15) is 11.4 Å². The second-order valence-corrected chi connectivity index (χ2v) is 5.63. The van der Waals surface area contributed by atoms with Crippen LogP contribution < -0.4 is 5.73 Å². The molecular weight excluding hydrogens is 268 g/mol. The molecule has 2 heterocycles. The first-order chi connectivity index (χ1) is 9.61. The van der Waals surface area contributed by atoms with E-state index >= 15 is 0 Å². The smallest absolute Gasteiger partial charge is 0.192 e. The molecule has 1 aromatic carbocycles. The number of hydrogen-bond acceptors (Lipinski definition) is 5. The Balaban J connectivity index is 2.12. The van der Waals surface area contributed by atoms with Gasteiger partial charge in [0, 0.05) is 33.6 Å². The zero-order valence-corrected chi connectivity index (χ0v) is 12.1. The van der Waals surface area contributed by atoms with E-state index in [0.717, 1.165) is 38.0 Å². The van der Waals surface area contributed by atoms with Crippen molar-refractivity contribution in [1.29, 1.82) is 0 Å². The molecule has 2 aromatic heterocycles. The molecule has 0 bridgehead atoms. The summed E-state index contributed by atoms with van der Waals surface area (Å²) >= 11 is 1.54. The number of nitrogen functional groups attached to an aromatic ring is 1. The van der Waals surface area contributed by atoms with E-state index in [2.05, 4.69) is 15.0 Å². The van der Waals surface area contributed by atoms with Crippen molar-refractivity contribution < 1.29 is 0 Å². The third kappa shape index (κ3) is 2.58. The fourth-order valence-electron chi connectivity index (χ4n) is 2.00. The number of aromatic nitrogens is 3. The largest absolute Gasteiger partial charge is 0.399 e. The Bertz CT molecular complexity index is 786. The SMILES string of the molecule is Cc1ccnc(Sc2cc(C)nc3ccc(N)cc23)n1. The van der Waals surface area contributed by atoms with E-state index in [1.807, 2.05) is 44.2 Å². The summed E-state index contributed by atoms with van der Waals surface area (Å²) in [5, 5.41) is 1.77. The summed E-state index contributed by atoms with van der Waals surface area (Å²) in [6.07, 6.45) is 1.77. The average molecular weight is 282 g/mol. The molecule has 0 fully saturated rings. The first kappa shape index (κ1) is 12.9. The minimum absolute atomic E-state index is 0.732. The highest BCUT2D eigenvalue weighted by Gasteiger charge is 2.08. The molecule has 0 aliphatic heterocycles. The van der Waals surface area contributed by atoms with Crippen LogP contribution in [0.5, 0.6) is 0 Å². The van der Waals surface area contributed by atoms with Crippen molar-refractivity contribution in [3.05, 3.63) is 47.9 Å². The Kier molecular flexibility index (Phi) is 3.28. The number of pyridine rings is 1. The molecule has 0 spiro atoms. The lowest BCUT2D eigenvalue weighted by molar-refractivity contribution is 0.932. The average Bonchev–Trinajstić information content (AvgIpc) is 2.39. The molecule has 3 rings (SSSR count). The number of aryl methyl sites for hydroxylation is 2. The van der Waals surface area contributed by atoms with E-state index in [0.29, 0.717) is 0 Å². The fraction of sp³-hybridized carbons (Fsp3) is 0.133. The molecule has 0 aliphatic rings. The van der Waals surface area contributed by atoms with E-state index in [1.54, 1.807) is 6.20 Å². The number of rotatable bonds is 2. The molecule has 3 aromatic rings. The predicted octanol–water partition coefficient (Wildman–Crippen LogP) is 3.38. The molecule has 100 valence electrons. The highest BCUT2D eigenvalue weighted by molar-refractivity contribution is 7.99. The molecular formula is C15H14N4S. The van der Waals surface area contributed by atoms with Crippen molar-refractivity contribution in [1.82, 2.24) is 15.0 Å². The Hall–Kier alpha value is -2.14. The van der Waals surface area contributed by atoms with Gasteiger partial charge in [0.05, 0.1) is 5.52 Å². The molecule has 0 atom stereocenters. The fourth-order valence-corrected chi connectivity index (χ4v) is 3.00. The van der Waals surface area contributed by atoms with Crippen LogP contribution in [0.2, 0.25) is 0 Å². The van der Waals surface area contributed by atoms with Gasteiger partial charge in [-0.25, -0.2) is 9.97 Å². The van der Waals surface area contributed by atoms with E-state index < -0.39 is 0 Å². The molecule has 0 aliphatic carbocycles. The summed E-state index contributed by atoms with van der Waals surface area (Å²) in [5.74, 6) is 0. The van der Waals surface area contributed by atoms with Gasteiger partial charge in [-0.05, 0) is 55.9 Å². The monoisotopic (exact) mass is 282 g/mol. The maximum atomic E-state index is 5.88. The Morgan fingerprint density at radius 3 is 2.65 bits per heavy atom. The molecule has 0 unspecified atom stereocenters. The first-order valence-electron chi connectivity index (χ1n) is 6.26. The molecule has 0 radical (unpaired) electrons. The van der Waals surface area contributed by atoms with Crippen LogP contribution in [0.15, 0.2) is 46.6 Å². The van der Waals surface area contributed by atoms with E-state index in [-0.39, 0.29) is 0 Å². The van der Waals surface area contributed by atoms with Gasteiger partial charge >= 0.3 is 0 Å². The lowest BCUT2D eigenvalue weighted by atomic mass is 10.2. The molecule has 0 saturated carbocycles. The van der Waals surface area contributed by atoms with Crippen LogP contribution in [0, 0.1) is 13.8 Å². The van der Waals surface area contributed by atoms with Crippen molar-refractivity contribution in [2.75, 3.05) is 5.73 Å². The minimum atomic E-state index is 0.732. The van der Waals surface area contributed by atoms with Crippen LogP contribution in [0.4, 0.5) is 5.69 Å². The molecule has 0 amide bonds. The van der Waals surface area contributed by atoms with Gasteiger partial charge in [0.15, 0.2) is 5.16 Å². The summed E-state index contributed by atoms with van der Waals surface area (Å²) < 4.78 is 0. The van der Waals surface area contributed by atoms with Crippen molar-refractivity contribution in [2.24, 2.45) is 0 Å². The zero-order valence-electron chi connectivity index (χ0n) is 11.3. The van der Waals surface area contributed by atoms with Gasteiger partial charge in [-0.1, -0.05) is 0 Å². The van der Waals surface area contributed by atoms with Crippen LogP contribution in [0.25, 0.3) is 10.9 Å². The topological polar surface area (TPSA) is 64.7 Å². The van der Waals surface area contributed by atoms with Gasteiger partial charge in [0.1, 0.15) is 0 Å². The predicted molar refractivity (Wildman–Crippen MR) is 81.8 cm³/mol. The maximum Gasteiger partial charge on any atom is 0.192 e. The second-order valence-electron chi connectivity index (χ2n) is 4.62. The van der Waals surface area contributed by atoms with Crippen molar-refractivity contribution in [2.45, 2.75) is 23.9 Å². The van der Waals surface area contributed by atoms with Crippen LogP contribution >= 0.6 is 11.8 Å². The second kappa shape index (κ2) is 5.09. The summed E-state index contributed by atoms with van der Waals surface area (Å²) in [6.45, 7) is 3.94. The number of anilines is 1. The van der Waals surface area contributed by atoms with Crippen molar-refractivity contribution >= 4 is 28.4 Å². The lowest BCUT2D eigenvalue weighted by Crippen LogP contribution is -1.92. The minimum Gasteiger partial charge on any atom is -0.399 e. The van der Waals surface area contributed by atoms with E-state index in [9.17, 15) is 0 Å². The van der Waals surface area contributed by atoms with Gasteiger partial charge in [-0.15, -0.1) is 0 Å². The Morgan fingerprint density at radius 1 is 1.00 bits per heavy atom. The van der Waals surface area contributed by atoms with Gasteiger partial charge in [-0.3, -0.25) is 4.98 Å². The maximum absolute atomic E-state index is 5.88. The van der Waals surface area contributed by atoms with Crippen molar-refractivity contribution in [3.8, 4) is 0 Å². The standard InChI is InChI=1S/C15H14N4S/c1-9-5-6-17-15(19-9)20-14-7-10(2)18-13-4-3-11(16)8-12(13)14/h3-8H,16H2,1-2H3. The third-order valence-electron chi connectivity index (χ3n) is 2.90. The molecule has 4 nitrogen and oxygen atoms in total. The van der Waals surface area contributed by atoms with Gasteiger partial charge in [0.25, 0.3) is 0 Å². The van der Waals surface area contributed by atoms with Gasteiger partial charge in [0.2, 0.25) is 0 Å². The lowest BCUT2D eigenvalue weighted by Gasteiger charge is -2.07. The molecule has 0 saturated heterocycles. The third-order valence-corrected chi connectivity index (χ3v) is 3.83. The van der Waals surface area contributed by atoms with E-state index in [4.69, 9.17) is 5.73 Å². The van der Waals surface area contributed by atoms with Crippen LogP contribution in [0.3, 0.4) is 0 Å². The number of fused-ring (bicyclic) bond motifs is 1. The summed E-state index contributed by atoms with van der Waals surface area (Å²) in [5.41, 5.74) is 9.48. The van der Waals surface area contributed by atoms with E-state index in [1.165, 1.54) is 11.8 Å². The number of hydrogen-bond donors (Lipinski definition) is 1. The first-order valence-corrected chi connectivity index (χ1v) is 7.08. The normalized spacial score (nSPS) is 10.9. The zero-order chi connectivity index (χ0) is 14.1. The van der Waals surface area contributed by atoms with Gasteiger partial charge < -0.3 is 5.73 Å². The highest BCUT2D eigenvalue weighted by atomic mass is 32.2. The highest BCUT2D eigenvalue weighted by Crippen LogP contribution is 2.32. The number of benzene rings is 1.